The Hall–Kier alpha value is -7.86. The van der Waals surface area contributed by atoms with Crippen LogP contribution in [0.25, 0.3) is 98.8 Å². The number of aryl methyl sites for hydroxylation is 1. The second-order valence-electron chi connectivity index (χ2n) is 15.9. The van der Waals surface area contributed by atoms with Gasteiger partial charge in [-0.05, 0) is 106 Å². The highest BCUT2D eigenvalue weighted by Crippen LogP contribution is 2.45. The Kier molecular flexibility index (Phi) is 6.02. The van der Waals surface area contributed by atoms with Gasteiger partial charge >= 0.3 is 0 Å². The summed E-state index contributed by atoms with van der Waals surface area (Å²) in [5.41, 5.74) is 18.5. The minimum Gasteiger partial charge on any atom is -0.309 e. The highest BCUT2D eigenvalue weighted by Gasteiger charge is 2.40. The van der Waals surface area contributed by atoms with Crippen LogP contribution in [0.5, 0.6) is 0 Å². The molecule has 0 radical (unpaired) electrons. The average Bonchev–Trinajstić information content (AvgIpc) is 3.79. The van der Waals surface area contributed by atoms with Crippen molar-refractivity contribution in [2.45, 2.75) is 6.92 Å². The molecule has 0 aliphatic carbocycles. The number of hydrogen-bond acceptors (Lipinski definition) is 2. The molecule has 5 heteroatoms. The Balaban J connectivity index is 1.20. The average molecular weight is 733 g/mol. The van der Waals surface area contributed by atoms with E-state index in [4.69, 9.17) is 0 Å². The molecule has 0 N–H and O–H groups in total. The second-order valence-corrected chi connectivity index (χ2v) is 15.9. The van der Waals surface area contributed by atoms with E-state index in [1.54, 1.807) is 0 Å². The predicted molar refractivity (Wildman–Crippen MR) is 240 cm³/mol. The van der Waals surface area contributed by atoms with E-state index in [9.17, 15) is 10.5 Å². The molecule has 264 valence electrons. The number of aromatic nitrogens is 2. The first kappa shape index (κ1) is 31.4. The molecule has 2 aromatic heterocycles. The number of fused-ring (bicyclic) bond motifs is 12. The lowest BCUT2D eigenvalue weighted by atomic mass is 9.31. The summed E-state index contributed by atoms with van der Waals surface area (Å²) in [5.74, 6) is 0. The largest absolute Gasteiger partial charge is 0.309 e. The summed E-state index contributed by atoms with van der Waals surface area (Å²) in [6.45, 7) is 2.23. The molecular weight excluding hydrogens is 703 g/mol. The van der Waals surface area contributed by atoms with Crippen LogP contribution in [0.1, 0.15) is 16.7 Å². The smallest absolute Gasteiger partial charge is 0.244 e. The predicted octanol–water partition coefficient (Wildman–Crippen LogP) is 10.7. The van der Waals surface area contributed by atoms with Crippen LogP contribution in [0.3, 0.4) is 0 Å². The molecule has 4 nitrogen and oxygen atoms in total. The Morgan fingerprint density at radius 3 is 1.31 bits per heavy atom. The Morgan fingerprint density at radius 2 is 0.862 bits per heavy atom. The van der Waals surface area contributed by atoms with Crippen molar-refractivity contribution in [1.82, 2.24) is 9.13 Å². The Morgan fingerprint density at radius 1 is 0.431 bits per heavy atom. The second kappa shape index (κ2) is 11.1. The van der Waals surface area contributed by atoms with Crippen molar-refractivity contribution >= 4 is 88.3 Å². The van der Waals surface area contributed by atoms with Crippen LogP contribution in [0.2, 0.25) is 0 Å². The van der Waals surface area contributed by atoms with Crippen LogP contribution >= 0.6 is 0 Å². The molecule has 0 unspecified atom stereocenters. The number of nitriles is 2. The maximum Gasteiger partial charge on any atom is 0.244 e. The highest BCUT2D eigenvalue weighted by atomic mass is 15.0. The van der Waals surface area contributed by atoms with Crippen molar-refractivity contribution in [2.75, 3.05) is 0 Å². The first-order chi connectivity index (χ1) is 28.6. The third kappa shape index (κ3) is 3.88. The lowest BCUT2D eigenvalue weighted by molar-refractivity contribution is 1.18. The highest BCUT2D eigenvalue weighted by molar-refractivity contribution is 7.01. The molecule has 2 aliphatic rings. The van der Waals surface area contributed by atoms with E-state index in [0.29, 0.717) is 11.1 Å². The lowest BCUT2D eigenvalue weighted by Gasteiger charge is -2.35. The maximum absolute atomic E-state index is 9.64. The van der Waals surface area contributed by atoms with Gasteiger partial charge in [-0.25, -0.2) is 0 Å². The Labute approximate surface area is 333 Å². The van der Waals surface area contributed by atoms with Gasteiger partial charge < -0.3 is 9.13 Å². The van der Waals surface area contributed by atoms with E-state index in [1.165, 1.54) is 98.3 Å². The van der Waals surface area contributed by atoms with E-state index in [1.807, 2.05) is 24.3 Å². The molecule has 9 aromatic carbocycles. The van der Waals surface area contributed by atoms with Crippen LogP contribution in [-0.4, -0.2) is 15.8 Å². The number of para-hydroxylation sites is 2. The number of benzene rings is 9. The minimum absolute atomic E-state index is 0.00301. The summed E-state index contributed by atoms with van der Waals surface area (Å²) in [6, 6.07) is 61.6. The molecule has 4 heterocycles. The van der Waals surface area contributed by atoms with Crippen molar-refractivity contribution in [2.24, 2.45) is 0 Å². The quantitative estimate of drug-likeness (QED) is 0.166. The van der Waals surface area contributed by atoms with Crippen LogP contribution in [0.4, 0.5) is 0 Å². The zero-order valence-electron chi connectivity index (χ0n) is 31.4. The van der Waals surface area contributed by atoms with E-state index in [2.05, 4.69) is 162 Å². The first-order valence-electron chi connectivity index (χ1n) is 19.7. The third-order valence-electron chi connectivity index (χ3n) is 13.0. The van der Waals surface area contributed by atoms with Gasteiger partial charge in [0.15, 0.2) is 0 Å². The molecule has 0 fully saturated rings. The molecule has 0 atom stereocenters. The molecule has 58 heavy (non-hydrogen) atoms. The summed E-state index contributed by atoms with van der Waals surface area (Å²) in [7, 11) is 0. The fourth-order valence-electron chi connectivity index (χ4n) is 10.8. The van der Waals surface area contributed by atoms with Crippen LogP contribution in [0.15, 0.2) is 158 Å². The summed E-state index contributed by atoms with van der Waals surface area (Å²) >= 11 is 0. The normalized spacial score (nSPS) is 12.5. The van der Waals surface area contributed by atoms with E-state index >= 15 is 0 Å². The molecule has 11 aromatic rings. The first-order valence-corrected chi connectivity index (χ1v) is 19.7. The van der Waals surface area contributed by atoms with Gasteiger partial charge in [0.25, 0.3) is 0 Å². The number of hydrogen-bond donors (Lipinski definition) is 0. The van der Waals surface area contributed by atoms with Gasteiger partial charge in [0, 0.05) is 43.7 Å². The molecule has 13 rings (SSSR count). The fourth-order valence-corrected chi connectivity index (χ4v) is 10.8. The monoisotopic (exact) mass is 732 g/mol. The van der Waals surface area contributed by atoms with Crippen LogP contribution < -0.4 is 16.4 Å². The summed E-state index contributed by atoms with van der Waals surface area (Å²) in [4.78, 5) is 0. The lowest BCUT2D eigenvalue weighted by Crippen LogP contribution is -2.57. The van der Waals surface area contributed by atoms with Crippen LogP contribution in [-0.2, 0) is 0 Å². The van der Waals surface area contributed by atoms with Crippen molar-refractivity contribution in [3.05, 3.63) is 174 Å². The molecule has 2 aliphatic heterocycles. The molecule has 0 amide bonds. The van der Waals surface area contributed by atoms with Gasteiger partial charge in [0.2, 0.25) is 6.71 Å². The van der Waals surface area contributed by atoms with Gasteiger partial charge in [-0.15, -0.1) is 0 Å². The van der Waals surface area contributed by atoms with E-state index in [0.717, 1.165) is 22.4 Å². The molecule has 0 spiro atoms. The van der Waals surface area contributed by atoms with Gasteiger partial charge in [-0.1, -0.05) is 113 Å². The standard InChI is InChI=1S/C53H29BN4/c1-30-24-41-37-10-6-12-39-49(37)45(26-43-35-8-2-4-14-47(35)57(52(39)43)33-20-16-31(28-55)17-21-33)54-46-27-44-36-9-3-5-15-48(36)58(34-22-18-32(29-56)19-23-34)53(44)40-13-7-11-38(50(40)46)42(25-30)51(41)54/h2-27H,1H3. The molecule has 0 bridgehead atoms. The van der Waals surface area contributed by atoms with Crippen molar-refractivity contribution < 1.29 is 0 Å². The van der Waals surface area contributed by atoms with E-state index < -0.39 is 0 Å². The van der Waals surface area contributed by atoms with Gasteiger partial charge in [-0.2, -0.15) is 10.5 Å². The zero-order valence-corrected chi connectivity index (χ0v) is 31.4. The summed E-state index contributed by atoms with van der Waals surface area (Å²) in [5, 5.41) is 29.2. The summed E-state index contributed by atoms with van der Waals surface area (Å²) in [6.07, 6.45) is 0. The van der Waals surface area contributed by atoms with Gasteiger partial charge in [0.1, 0.15) is 0 Å². The van der Waals surface area contributed by atoms with E-state index in [-0.39, 0.29) is 6.71 Å². The third-order valence-corrected chi connectivity index (χ3v) is 13.0. The van der Waals surface area contributed by atoms with Crippen molar-refractivity contribution in [1.29, 1.82) is 10.5 Å². The molecule has 0 saturated carbocycles. The fraction of sp³-hybridized carbons (Fsp3) is 0.0189. The Bertz CT molecular complexity index is 3510. The van der Waals surface area contributed by atoms with Crippen molar-refractivity contribution in [3.63, 3.8) is 0 Å². The number of nitrogens with zero attached hydrogens (tertiary/aromatic N) is 4. The zero-order chi connectivity index (χ0) is 38.4. The topological polar surface area (TPSA) is 57.4 Å². The summed E-state index contributed by atoms with van der Waals surface area (Å²) < 4.78 is 4.79. The van der Waals surface area contributed by atoms with Gasteiger partial charge in [-0.3, -0.25) is 0 Å². The number of rotatable bonds is 2. The molecular formula is C53H29BN4. The maximum atomic E-state index is 9.64. The SMILES string of the molecule is Cc1cc2c3c(c1)-c1cccc4c1c(cc1c5ccccc5n(-c5ccc(C#N)cc5)c41)B3c1cc3c4ccccc4n(-c4ccc(C#N)cc4)c3c3cccc-2c13. The van der Waals surface area contributed by atoms with Gasteiger partial charge in [0.05, 0.1) is 45.3 Å². The molecule has 0 saturated heterocycles. The van der Waals surface area contributed by atoms with Crippen molar-refractivity contribution in [3.8, 4) is 45.8 Å². The van der Waals surface area contributed by atoms with Crippen LogP contribution in [0, 0.1) is 29.6 Å². The minimum atomic E-state index is 0.00301.